The number of urea groups is 2. The second-order valence-corrected chi connectivity index (χ2v) is 27.3. The first-order valence-electron chi connectivity index (χ1n) is 29.9. The highest BCUT2D eigenvalue weighted by atomic mass is 79.9. The molecule has 3 saturated heterocycles. The molecule has 5 N–H and O–H groups in total. The van der Waals surface area contributed by atoms with Crippen molar-refractivity contribution in [2.75, 3.05) is 21.1 Å². The van der Waals surface area contributed by atoms with Gasteiger partial charge in [-0.15, -0.1) is 12.3 Å². The fraction of sp³-hybridized carbons (Fsp3) is 0.567. The number of nitrogens with one attached hydrogen (secondary N) is 3. The molecule has 86 heavy (non-hydrogen) atoms. The molecule has 7 amide bonds. The zero-order valence-corrected chi connectivity index (χ0v) is 49.6. The van der Waals surface area contributed by atoms with Gasteiger partial charge in [0.05, 0.1) is 0 Å². The molecular formula is C67H74BrF6N7O5. The highest BCUT2D eigenvalue weighted by Crippen LogP contribution is 2.65. The Morgan fingerprint density at radius 3 is 1.17 bits per heavy atom. The van der Waals surface area contributed by atoms with Crippen molar-refractivity contribution in [2.45, 2.75) is 183 Å². The smallest absolute Gasteiger partial charge is 0.319 e. The lowest BCUT2D eigenvalue weighted by Crippen LogP contribution is -2.58. The van der Waals surface area contributed by atoms with Gasteiger partial charge >= 0.3 is 12.1 Å². The van der Waals surface area contributed by atoms with E-state index in [4.69, 9.17) is 12.2 Å². The van der Waals surface area contributed by atoms with Crippen LogP contribution in [0.3, 0.4) is 0 Å². The fourth-order valence-electron chi connectivity index (χ4n) is 15.4. The molecule has 19 heteroatoms. The van der Waals surface area contributed by atoms with Gasteiger partial charge in [0.1, 0.15) is 11.8 Å². The van der Waals surface area contributed by atoms with E-state index >= 15 is 0 Å². The van der Waals surface area contributed by atoms with Crippen LogP contribution in [-0.4, -0.2) is 89.7 Å². The molecule has 3 aromatic rings. The Balaban J connectivity index is 0.000000128. The number of nitrogens with zero attached hydrogens (tertiary/aromatic N) is 3. The summed E-state index contributed by atoms with van der Waals surface area (Å²) in [7, 11) is 4.56. The summed E-state index contributed by atoms with van der Waals surface area (Å²) >= 11 is 3.42. The lowest BCUT2D eigenvalue weighted by Gasteiger charge is -2.46. The van der Waals surface area contributed by atoms with Gasteiger partial charge in [0.15, 0.2) is 11.1 Å². The molecule has 9 fully saturated rings. The summed E-state index contributed by atoms with van der Waals surface area (Å²) in [4.78, 5) is 68.2. The van der Waals surface area contributed by atoms with E-state index in [1.807, 2.05) is 54.6 Å². The van der Waals surface area contributed by atoms with Gasteiger partial charge in [0.25, 0.3) is 11.8 Å². The van der Waals surface area contributed by atoms with Gasteiger partial charge in [-0.25, -0.2) is 35.9 Å². The SMILES string of the molecule is C.C#CC1CC1.CN1C(=O)C2(NC1N)c1cc(C#CC3CC3)ccc1CC21CCC(F)(F)CC1.CN1C(=O)NC2(C1=O)c1cc(Br)ccc1CC21CCC(F)(F)CC1.CN1C(=O)NC2(C1=O)c1cc(C#CC3CC3)ccc1CC21CCC(F)(F)CC1. The maximum atomic E-state index is 14.0. The minimum absolute atomic E-state index is 0. The first kappa shape index (κ1) is 61.3. The number of rotatable bonds is 0. The minimum atomic E-state index is -2.71. The molecule has 0 bridgehead atoms. The average Bonchev–Trinajstić information content (AvgIpc) is 1.54. The van der Waals surface area contributed by atoms with Crippen molar-refractivity contribution in [3.05, 3.63) is 104 Å². The molecule has 3 heterocycles. The van der Waals surface area contributed by atoms with E-state index < -0.39 is 69.0 Å². The summed E-state index contributed by atoms with van der Waals surface area (Å²) in [5.74, 6) is 8.28. The van der Waals surface area contributed by atoms with Crippen LogP contribution < -0.4 is 21.7 Å². The number of benzene rings is 3. The molecule has 4 unspecified atom stereocenters. The number of imide groups is 2. The van der Waals surface area contributed by atoms with Crippen LogP contribution in [0.25, 0.3) is 0 Å². The summed E-state index contributed by atoms with van der Waals surface area (Å²) in [6, 6.07) is 16.5. The highest BCUT2D eigenvalue weighted by Gasteiger charge is 2.71. The Hall–Kier alpha value is -6.33. The Morgan fingerprint density at radius 2 is 0.860 bits per heavy atom. The largest absolute Gasteiger partial charge is 0.325 e. The van der Waals surface area contributed by atoms with Crippen molar-refractivity contribution in [2.24, 2.45) is 39.7 Å². The van der Waals surface area contributed by atoms with E-state index in [-0.39, 0.29) is 89.4 Å². The molecule has 9 aliphatic carbocycles. The molecule has 6 spiro atoms. The van der Waals surface area contributed by atoms with Crippen molar-refractivity contribution in [3.8, 4) is 36.0 Å². The predicted molar refractivity (Wildman–Crippen MR) is 315 cm³/mol. The lowest BCUT2D eigenvalue weighted by molar-refractivity contribution is -0.142. The van der Waals surface area contributed by atoms with Crippen molar-refractivity contribution < 1.29 is 50.3 Å². The number of amides is 7. The number of halogens is 7. The van der Waals surface area contributed by atoms with Gasteiger partial charge in [-0.05, 0) is 166 Å². The first-order valence-corrected chi connectivity index (χ1v) is 30.7. The van der Waals surface area contributed by atoms with Gasteiger partial charge in [-0.2, -0.15) is 0 Å². The van der Waals surface area contributed by atoms with E-state index in [0.717, 1.165) is 84.5 Å². The topological polar surface area (TPSA) is 157 Å². The first-order chi connectivity index (χ1) is 40.2. The predicted octanol–water partition coefficient (Wildman–Crippen LogP) is 11.5. The Bertz CT molecular complexity index is 3490. The van der Waals surface area contributed by atoms with Gasteiger partial charge in [0, 0.05) is 109 Å². The van der Waals surface area contributed by atoms with E-state index in [1.54, 1.807) is 7.05 Å². The standard InChI is InChI=1S/C22H25F2N3O.C22H22F2N2O2.C17H17BrF2N2O2.C5H6.CH4/c1-27-18(28)22(26-19(27)25)17-12-15(5-4-14-2-3-14)6-7-16(17)13-20(22)8-10-21(23,24)11-9-20;1-26-18(27)22(25-19(26)28)17-12-15(5-4-14-2-3-14)6-7-16(17)13-20(22)8-10-21(23,24)11-9-20;1-22-13(23)17(21-14(22)24)12-8-11(18)3-2-10(12)9-15(17)4-6-16(19,20)7-5-15;1-2-5-3-4-5;/h6-7,12,14,19,26H,2-3,8-11,13,25H2,1H3;6-7,12,14H,2-3,8-11,13H2,1H3,(H,25,28);2-3,8H,4-7,9H2,1H3,(H,21,24);1,5H,3-4H2;1H4. The second-order valence-electron chi connectivity index (χ2n) is 26.4. The van der Waals surface area contributed by atoms with E-state index in [1.165, 1.54) is 31.8 Å². The zero-order valence-electron chi connectivity index (χ0n) is 48.0. The van der Waals surface area contributed by atoms with Gasteiger partial charge in [-0.1, -0.05) is 65.2 Å². The molecule has 15 rings (SSSR count). The maximum Gasteiger partial charge on any atom is 0.325 e. The Labute approximate surface area is 507 Å². The second kappa shape index (κ2) is 21.5. The number of carbonyl (C=O) groups excluding carboxylic acids is 5. The van der Waals surface area contributed by atoms with Crippen LogP contribution in [0.1, 0.15) is 168 Å². The quantitative estimate of drug-likeness (QED) is 0.0991. The van der Waals surface area contributed by atoms with E-state index in [9.17, 15) is 50.3 Å². The zero-order chi connectivity index (χ0) is 60.5. The lowest BCUT2D eigenvalue weighted by atomic mass is 9.61. The summed E-state index contributed by atoms with van der Waals surface area (Å²) in [6.45, 7) is 0. The number of fused-ring (bicyclic) bond motifs is 9. The number of terminal acetylenes is 1. The van der Waals surface area contributed by atoms with Crippen LogP contribution in [0.4, 0.5) is 35.9 Å². The minimum Gasteiger partial charge on any atom is -0.319 e. The molecule has 3 aliphatic heterocycles. The Kier molecular flexibility index (Phi) is 15.3. The van der Waals surface area contributed by atoms with Crippen LogP contribution in [0.15, 0.2) is 59.1 Å². The third-order valence-electron chi connectivity index (χ3n) is 21.0. The van der Waals surface area contributed by atoms with Crippen LogP contribution in [0, 0.1) is 70.0 Å². The molecule has 3 aromatic carbocycles. The molecule has 6 saturated carbocycles. The number of nitrogens with two attached hydrogens (primary N) is 1. The van der Waals surface area contributed by atoms with E-state index in [2.05, 4.69) is 61.5 Å². The van der Waals surface area contributed by atoms with Gasteiger partial charge in [0.2, 0.25) is 23.7 Å². The number of likely N-dealkylation sites (N-methyl/N-ethyl adjacent to an activating group) is 3. The monoisotopic (exact) mass is 1250 g/mol. The van der Waals surface area contributed by atoms with E-state index in [0.29, 0.717) is 49.9 Å². The fourth-order valence-corrected chi connectivity index (χ4v) is 15.8. The summed E-state index contributed by atoms with van der Waals surface area (Å²) in [5.41, 5.74) is 7.68. The summed E-state index contributed by atoms with van der Waals surface area (Å²) < 4.78 is 84.2. The third-order valence-corrected chi connectivity index (χ3v) is 21.5. The van der Waals surface area contributed by atoms with Crippen LogP contribution >= 0.6 is 15.9 Å². The van der Waals surface area contributed by atoms with Crippen LogP contribution in [0.5, 0.6) is 0 Å². The highest BCUT2D eigenvalue weighted by molar-refractivity contribution is 9.10. The van der Waals surface area contributed by atoms with Crippen molar-refractivity contribution in [1.29, 1.82) is 0 Å². The van der Waals surface area contributed by atoms with Crippen molar-refractivity contribution in [1.82, 2.24) is 30.7 Å². The van der Waals surface area contributed by atoms with Crippen molar-refractivity contribution >= 4 is 45.7 Å². The number of carbonyl (C=O) groups is 5. The molecular weight excluding hydrogens is 1180 g/mol. The van der Waals surface area contributed by atoms with Gasteiger partial charge < -0.3 is 15.5 Å². The number of alkyl halides is 6. The number of hydrogen-bond donors (Lipinski definition) is 4. The molecule has 12 aliphatic rings. The molecule has 12 nitrogen and oxygen atoms in total. The maximum absolute atomic E-state index is 14.0. The third kappa shape index (κ3) is 10.1. The Morgan fingerprint density at radius 1 is 0.512 bits per heavy atom. The van der Waals surface area contributed by atoms with Gasteiger partial charge in [-0.3, -0.25) is 35.2 Å². The van der Waals surface area contributed by atoms with Crippen molar-refractivity contribution in [3.63, 3.8) is 0 Å². The average molecular weight is 1250 g/mol. The molecule has 0 radical (unpaired) electrons. The molecule has 456 valence electrons. The molecule has 4 atom stereocenters. The summed E-state index contributed by atoms with van der Waals surface area (Å²) in [6.07, 6.45) is 13.2. The summed E-state index contributed by atoms with van der Waals surface area (Å²) in [5, 5.41) is 9.13. The van der Waals surface area contributed by atoms with Crippen LogP contribution in [0.2, 0.25) is 0 Å². The normalized spacial score (nSPS) is 29.9. The molecule has 0 aromatic heterocycles. The number of hydrogen-bond acceptors (Lipinski definition) is 7. The van der Waals surface area contributed by atoms with Crippen LogP contribution in [-0.2, 0) is 50.3 Å².